The van der Waals surface area contributed by atoms with Gasteiger partial charge in [-0.2, -0.15) is 0 Å². The molecule has 1 aromatic carbocycles. The normalized spacial score (nSPS) is 22.9. The zero-order chi connectivity index (χ0) is 18.7. The molecule has 3 rings (SSSR count). The molecule has 1 spiro atoms. The van der Waals surface area contributed by atoms with E-state index in [1.54, 1.807) is 15.9 Å². The van der Waals surface area contributed by atoms with Crippen molar-refractivity contribution in [2.45, 2.75) is 38.6 Å². The lowest BCUT2D eigenvalue weighted by Gasteiger charge is -2.39. The smallest absolute Gasteiger partial charge is 0.230 e. The van der Waals surface area contributed by atoms with Crippen molar-refractivity contribution >= 4 is 11.8 Å². The predicted octanol–water partition coefficient (Wildman–Crippen LogP) is 3.27. The summed E-state index contributed by atoms with van der Waals surface area (Å²) < 4.78 is 27.4. The molecule has 1 unspecified atom stereocenters. The lowest BCUT2D eigenvalue weighted by molar-refractivity contribution is -0.146. The molecule has 2 aliphatic heterocycles. The monoisotopic (exact) mass is 362 g/mol. The Hall–Kier alpha value is -2.24. The molecule has 0 bridgehead atoms. The SMILES string of the molecule is C=CCCC(=O)N1CCC2(CCCN(Cc3cccc(F)c3F)C2=O)C1. The molecule has 0 saturated carbocycles. The molecule has 2 saturated heterocycles. The molecule has 26 heavy (non-hydrogen) atoms. The van der Waals surface area contributed by atoms with Gasteiger partial charge in [0.05, 0.1) is 5.41 Å². The van der Waals surface area contributed by atoms with Gasteiger partial charge >= 0.3 is 0 Å². The van der Waals surface area contributed by atoms with Crippen LogP contribution >= 0.6 is 0 Å². The fraction of sp³-hybridized carbons (Fsp3) is 0.500. The van der Waals surface area contributed by atoms with Gasteiger partial charge in [-0.15, -0.1) is 6.58 Å². The highest BCUT2D eigenvalue weighted by atomic mass is 19.2. The lowest BCUT2D eigenvalue weighted by atomic mass is 9.78. The first kappa shape index (κ1) is 18.5. The van der Waals surface area contributed by atoms with Gasteiger partial charge in [0.15, 0.2) is 11.6 Å². The molecule has 2 heterocycles. The minimum Gasteiger partial charge on any atom is -0.342 e. The molecule has 0 aliphatic carbocycles. The van der Waals surface area contributed by atoms with Crippen LogP contribution in [0, 0.1) is 17.0 Å². The molecule has 2 aliphatic rings. The number of halogens is 2. The van der Waals surface area contributed by atoms with Crippen LogP contribution in [0.5, 0.6) is 0 Å². The van der Waals surface area contributed by atoms with E-state index >= 15 is 0 Å². The van der Waals surface area contributed by atoms with E-state index in [9.17, 15) is 18.4 Å². The van der Waals surface area contributed by atoms with Crippen LogP contribution in [0.15, 0.2) is 30.9 Å². The van der Waals surface area contributed by atoms with Gasteiger partial charge in [0.1, 0.15) is 0 Å². The average molecular weight is 362 g/mol. The van der Waals surface area contributed by atoms with Crippen molar-refractivity contribution in [3.8, 4) is 0 Å². The predicted molar refractivity (Wildman–Crippen MR) is 94.1 cm³/mol. The second kappa shape index (κ2) is 7.56. The topological polar surface area (TPSA) is 40.6 Å². The van der Waals surface area contributed by atoms with Crippen LogP contribution in [0.3, 0.4) is 0 Å². The first-order valence-electron chi connectivity index (χ1n) is 9.08. The molecular formula is C20H24F2N2O2. The quantitative estimate of drug-likeness (QED) is 0.755. The summed E-state index contributed by atoms with van der Waals surface area (Å²) in [5.74, 6) is -1.80. The summed E-state index contributed by atoms with van der Waals surface area (Å²) in [4.78, 5) is 28.7. The summed E-state index contributed by atoms with van der Waals surface area (Å²) in [6.07, 6.45) is 4.92. The Labute approximate surface area is 152 Å². The highest BCUT2D eigenvalue weighted by Crippen LogP contribution is 2.40. The number of benzene rings is 1. The maximum absolute atomic E-state index is 14.0. The second-order valence-corrected chi connectivity index (χ2v) is 7.22. The number of nitrogens with zero attached hydrogens (tertiary/aromatic N) is 2. The van der Waals surface area contributed by atoms with Crippen LogP contribution in [0.25, 0.3) is 0 Å². The number of amides is 2. The summed E-state index contributed by atoms with van der Waals surface area (Å²) in [5.41, 5.74) is -0.390. The Morgan fingerprint density at radius 2 is 2.08 bits per heavy atom. The number of hydrogen-bond donors (Lipinski definition) is 0. The molecule has 0 N–H and O–H groups in total. The number of carbonyl (C=O) groups is 2. The molecule has 2 amide bonds. The number of rotatable bonds is 5. The van der Waals surface area contributed by atoms with E-state index in [2.05, 4.69) is 6.58 Å². The summed E-state index contributed by atoms with van der Waals surface area (Å²) in [5, 5.41) is 0. The Balaban J connectivity index is 1.71. The Morgan fingerprint density at radius 3 is 2.85 bits per heavy atom. The zero-order valence-corrected chi connectivity index (χ0v) is 14.8. The molecule has 4 nitrogen and oxygen atoms in total. The standard InChI is InChI=1S/C20H24F2N2O2/c1-2-3-8-17(25)24-12-10-20(14-24)9-5-11-23(19(20)26)13-15-6-4-7-16(21)18(15)22/h2,4,6-7H,1,3,5,8-14H2. The third-order valence-electron chi connectivity index (χ3n) is 5.49. The van der Waals surface area contributed by atoms with Crippen molar-refractivity contribution in [2.75, 3.05) is 19.6 Å². The van der Waals surface area contributed by atoms with E-state index in [0.29, 0.717) is 38.9 Å². The Bertz CT molecular complexity index is 722. The minimum atomic E-state index is -0.901. The average Bonchev–Trinajstić information content (AvgIpc) is 3.06. The number of carbonyl (C=O) groups excluding carboxylic acids is 2. The largest absolute Gasteiger partial charge is 0.342 e. The first-order chi connectivity index (χ1) is 12.5. The van der Waals surface area contributed by atoms with Gasteiger partial charge < -0.3 is 9.80 Å². The van der Waals surface area contributed by atoms with Crippen molar-refractivity contribution in [1.29, 1.82) is 0 Å². The van der Waals surface area contributed by atoms with Crippen molar-refractivity contribution in [1.82, 2.24) is 9.80 Å². The van der Waals surface area contributed by atoms with Crippen molar-refractivity contribution < 1.29 is 18.4 Å². The molecule has 2 fully saturated rings. The summed E-state index contributed by atoms with van der Waals surface area (Å²) in [6.45, 7) is 5.22. The second-order valence-electron chi connectivity index (χ2n) is 7.22. The highest BCUT2D eigenvalue weighted by Gasteiger charge is 2.49. The van der Waals surface area contributed by atoms with Crippen LogP contribution in [0.4, 0.5) is 8.78 Å². The Kier molecular flexibility index (Phi) is 5.39. The molecule has 1 atom stereocenters. The molecule has 6 heteroatoms. The minimum absolute atomic E-state index is 0.0443. The van der Waals surface area contributed by atoms with Crippen molar-refractivity contribution in [2.24, 2.45) is 5.41 Å². The van der Waals surface area contributed by atoms with Crippen LogP contribution in [0.2, 0.25) is 0 Å². The van der Waals surface area contributed by atoms with Gasteiger partial charge in [0.2, 0.25) is 11.8 Å². The summed E-state index contributed by atoms with van der Waals surface area (Å²) in [6, 6.07) is 4.03. The van der Waals surface area contributed by atoms with Crippen molar-refractivity contribution in [3.05, 3.63) is 48.1 Å². The fourth-order valence-electron chi connectivity index (χ4n) is 4.03. The van der Waals surface area contributed by atoms with E-state index in [1.165, 1.54) is 12.1 Å². The number of likely N-dealkylation sites (tertiary alicyclic amines) is 2. The molecule has 0 radical (unpaired) electrons. The van der Waals surface area contributed by atoms with Crippen LogP contribution in [-0.2, 0) is 16.1 Å². The van der Waals surface area contributed by atoms with Crippen LogP contribution < -0.4 is 0 Å². The van der Waals surface area contributed by atoms with Gasteiger partial charge in [-0.1, -0.05) is 18.2 Å². The van der Waals surface area contributed by atoms with E-state index in [1.807, 2.05) is 0 Å². The van der Waals surface area contributed by atoms with E-state index in [-0.39, 0.29) is 23.9 Å². The van der Waals surface area contributed by atoms with Gasteiger partial charge in [-0.05, 0) is 31.7 Å². The Morgan fingerprint density at radius 1 is 1.27 bits per heavy atom. The van der Waals surface area contributed by atoms with E-state index in [4.69, 9.17) is 0 Å². The van der Waals surface area contributed by atoms with Crippen molar-refractivity contribution in [3.63, 3.8) is 0 Å². The van der Waals surface area contributed by atoms with E-state index in [0.717, 1.165) is 18.9 Å². The van der Waals surface area contributed by atoms with Crippen LogP contribution in [-0.4, -0.2) is 41.2 Å². The third kappa shape index (κ3) is 3.50. The lowest BCUT2D eigenvalue weighted by Crippen LogP contribution is -2.50. The molecule has 1 aromatic rings. The van der Waals surface area contributed by atoms with Gasteiger partial charge in [-0.25, -0.2) is 8.78 Å². The first-order valence-corrected chi connectivity index (χ1v) is 9.08. The summed E-state index contributed by atoms with van der Waals surface area (Å²) in [7, 11) is 0. The fourth-order valence-corrected chi connectivity index (χ4v) is 4.03. The van der Waals surface area contributed by atoms with Gasteiger partial charge in [0, 0.05) is 38.2 Å². The number of allylic oxidation sites excluding steroid dienone is 1. The zero-order valence-electron chi connectivity index (χ0n) is 14.8. The highest BCUT2D eigenvalue weighted by molar-refractivity contribution is 5.86. The van der Waals surface area contributed by atoms with Gasteiger partial charge in [0.25, 0.3) is 0 Å². The maximum Gasteiger partial charge on any atom is 0.230 e. The molecular weight excluding hydrogens is 338 g/mol. The maximum atomic E-state index is 14.0. The van der Waals surface area contributed by atoms with Crippen LogP contribution in [0.1, 0.15) is 37.7 Å². The van der Waals surface area contributed by atoms with Gasteiger partial charge in [-0.3, -0.25) is 9.59 Å². The third-order valence-corrected chi connectivity index (χ3v) is 5.49. The molecule has 140 valence electrons. The van der Waals surface area contributed by atoms with E-state index < -0.39 is 17.0 Å². The number of piperidine rings is 1. The summed E-state index contributed by atoms with van der Waals surface area (Å²) >= 11 is 0. The molecule has 0 aromatic heterocycles. The number of hydrogen-bond acceptors (Lipinski definition) is 2.